The second kappa shape index (κ2) is 6.86. The first-order valence-electron chi connectivity index (χ1n) is 5.98. The van der Waals surface area contributed by atoms with Gasteiger partial charge in [0, 0.05) is 18.3 Å². The molecule has 100 valence electrons. The summed E-state index contributed by atoms with van der Waals surface area (Å²) in [6.45, 7) is 2.21. The highest BCUT2D eigenvalue weighted by molar-refractivity contribution is 5.99. The molecule has 1 aromatic rings. The van der Waals surface area contributed by atoms with Gasteiger partial charge in [-0.25, -0.2) is 0 Å². The van der Waals surface area contributed by atoms with Gasteiger partial charge in [0.05, 0.1) is 18.8 Å². The van der Waals surface area contributed by atoms with Crippen LogP contribution < -0.4 is 15.8 Å². The first-order valence-corrected chi connectivity index (χ1v) is 5.98. The molecule has 0 bridgehead atoms. The second-order valence-corrected chi connectivity index (χ2v) is 4.11. The van der Waals surface area contributed by atoms with Crippen LogP contribution in [0.2, 0.25) is 0 Å². The molecule has 0 aliphatic carbocycles. The van der Waals surface area contributed by atoms with Crippen molar-refractivity contribution in [3.8, 4) is 5.75 Å². The standard InChI is InChI=1S/C13H20N2O3/c1-3-4-9(16)8-15-13(17)11-6-5-10(18-2)7-12(11)14/h5-7,9,16H,3-4,8,14H2,1-2H3,(H,15,17). The van der Waals surface area contributed by atoms with Gasteiger partial charge in [0.1, 0.15) is 5.75 Å². The van der Waals surface area contributed by atoms with Crippen LogP contribution in [0.5, 0.6) is 5.75 Å². The van der Waals surface area contributed by atoms with Crippen LogP contribution in [0.1, 0.15) is 30.1 Å². The highest BCUT2D eigenvalue weighted by atomic mass is 16.5. The third kappa shape index (κ3) is 3.92. The van der Waals surface area contributed by atoms with Crippen LogP contribution in [0.15, 0.2) is 18.2 Å². The second-order valence-electron chi connectivity index (χ2n) is 4.11. The van der Waals surface area contributed by atoms with Crippen LogP contribution in [-0.4, -0.2) is 30.8 Å². The summed E-state index contributed by atoms with van der Waals surface area (Å²) in [6.07, 6.45) is 1.03. The highest BCUT2D eigenvalue weighted by Gasteiger charge is 2.11. The molecule has 1 aromatic carbocycles. The van der Waals surface area contributed by atoms with Crippen LogP contribution >= 0.6 is 0 Å². The Hall–Kier alpha value is -1.75. The smallest absolute Gasteiger partial charge is 0.253 e. The van der Waals surface area contributed by atoms with Crippen LogP contribution in [-0.2, 0) is 0 Å². The fourth-order valence-electron chi connectivity index (χ4n) is 1.62. The molecule has 0 saturated heterocycles. The summed E-state index contributed by atoms with van der Waals surface area (Å²) in [7, 11) is 1.54. The van der Waals surface area contributed by atoms with Crippen molar-refractivity contribution in [1.29, 1.82) is 0 Å². The van der Waals surface area contributed by atoms with E-state index in [4.69, 9.17) is 10.5 Å². The van der Waals surface area contributed by atoms with E-state index in [1.165, 1.54) is 7.11 Å². The van der Waals surface area contributed by atoms with Crippen molar-refractivity contribution in [2.24, 2.45) is 0 Å². The minimum atomic E-state index is -0.515. The number of hydrogen-bond donors (Lipinski definition) is 3. The van der Waals surface area contributed by atoms with E-state index in [9.17, 15) is 9.90 Å². The van der Waals surface area contributed by atoms with Gasteiger partial charge < -0.3 is 20.9 Å². The first kappa shape index (κ1) is 14.3. The Morgan fingerprint density at radius 2 is 2.28 bits per heavy atom. The number of amides is 1. The highest BCUT2D eigenvalue weighted by Crippen LogP contribution is 2.19. The predicted molar refractivity (Wildman–Crippen MR) is 70.7 cm³/mol. The maximum atomic E-state index is 11.8. The number of nitrogens with one attached hydrogen (secondary N) is 1. The molecule has 0 heterocycles. The van der Waals surface area contributed by atoms with E-state index in [2.05, 4.69) is 5.32 Å². The van der Waals surface area contributed by atoms with Gasteiger partial charge in [-0.3, -0.25) is 4.79 Å². The Morgan fingerprint density at radius 1 is 1.56 bits per heavy atom. The van der Waals surface area contributed by atoms with Gasteiger partial charge >= 0.3 is 0 Å². The Balaban J connectivity index is 2.61. The predicted octanol–water partition coefficient (Wildman–Crippen LogP) is 1.17. The topological polar surface area (TPSA) is 84.6 Å². The Morgan fingerprint density at radius 3 is 2.83 bits per heavy atom. The molecule has 0 fully saturated rings. The number of carbonyl (C=O) groups excluding carboxylic acids is 1. The lowest BCUT2D eigenvalue weighted by molar-refractivity contribution is 0.0911. The first-order chi connectivity index (χ1) is 8.58. The molecule has 4 N–H and O–H groups in total. The summed E-state index contributed by atoms with van der Waals surface area (Å²) >= 11 is 0. The van der Waals surface area contributed by atoms with E-state index in [1.54, 1.807) is 18.2 Å². The quantitative estimate of drug-likeness (QED) is 0.663. The molecule has 0 saturated carbocycles. The zero-order valence-electron chi connectivity index (χ0n) is 10.8. The van der Waals surface area contributed by atoms with Crippen molar-refractivity contribution in [2.45, 2.75) is 25.9 Å². The summed E-state index contributed by atoms with van der Waals surface area (Å²) in [4.78, 5) is 11.8. The molecule has 0 spiro atoms. The molecule has 1 amide bonds. The van der Waals surface area contributed by atoms with E-state index in [1.807, 2.05) is 6.92 Å². The number of aliphatic hydroxyl groups excluding tert-OH is 1. The number of anilines is 1. The average molecular weight is 252 g/mol. The van der Waals surface area contributed by atoms with Crippen molar-refractivity contribution in [1.82, 2.24) is 5.32 Å². The van der Waals surface area contributed by atoms with Gasteiger partial charge in [-0.1, -0.05) is 13.3 Å². The SMILES string of the molecule is CCCC(O)CNC(=O)c1ccc(OC)cc1N. The summed E-state index contributed by atoms with van der Waals surface area (Å²) in [6, 6.07) is 4.88. The molecule has 0 aliphatic heterocycles. The Bertz CT molecular complexity index is 407. The molecule has 0 radical (unpaired) electrons. The molecule has 5 heteroatoms. The lowest BCUT2D eigenvalue weighted by Gasteiger charge is -2.12. The van der Waals surface area contributed by atoms with Gasteiger partial charge in [-0.15, -0.1) is 0 Å². The van der Waals surface area contributed by atoms with E-state index >= 15 is 0 Å². The monoisotopic (exact) mass is 252 g/mol. The third-order valence-corrected chi connectivity index (χ3v) is 2.62. The molecule has 5 nitrogen and oxygen atoms in total. The molecule has 1 rings (SSSR count). The summed E-state index contributed by atoms with van der Waals surface area (Å²) < 4.78 is 5.01. The van der Waals surface area contributed by atoms with Crippen LogP contribution in [0.4, 0.5) is 5.69 Å². The van der Waals surface area contributed by atoms with Crippen molar-refractivity contribution in [3.05, 3.63) is 23.8 Å². The third-order valence-electron chi connectivity index (χ3n) is 2.62. The van der Waals surface area contributed by atoms with Gasteiger partial charge in [0.25, 0.3) is 5.91 Å². The van der Waals surface area contributed by atoms with Crippen molar-refractivity contribution in [3.63, 3.8) is 0 Å². The maximum Gasteiger partial charge on any atom is 0.253 e. The largest absolute Gasteiger partial charge is 0.497 e. The van der Waals surface area contributed by atoms with E-state index in [0.29, 0.717) is 23.4 Å². The molecule has 1 unspecified atom stereocenters. The minimum Gasteiger partial charge on any atom is -0.497 e. The molecule has 0 aliphatic rings. The molecular formula is C13H20N2O3. The number of aliphatic hydroxyl groups is 1. The number of nitrogen functional groups attached to an aromatic ring is 1. The molecule has 18 heavy (non-hydrogen) atoms. The fourth-order valence-corrected chi connectivity index (χ4v) is 1.62. The van der Waals surface area contributed by atoms with Crippen molar-refractivity contribution >= 4 is 11.6 Å². The normalized spacial score (nSPS) is 11.9. The van der Waals surface area contributed by atoms with Crippen LogP contribution in [0.3, 0.4) is 0 Å². The lowest BCUT2D eigenvalue weighted by Crippen LogP contribution is -2.32. The fraction of sp³-hybridized carbons (Fsp3) is 0.462. The van der Waals surface area contributed by atoms with E-state index in [0.717, 1.165) is 6.42 Å². The number of benzene rings is 1. The number of ether oxygens (including phenoxy) is 1. The van der Waals surface area contributed by atoms with Crippen molar-refractivity contribution in [2.75, 3.05) is 19.4 Å². The molecular weight excluding hydrogens is 232 g/mol. The molecule has 0 aromatic heterocycles. The number of rotatable bonds is 6. The summed E-state index contributed by atoms with van der Waals surface area (Å²) in [5, 5.41) is 12.2. The van der Waals surface area contributed by atoms with Crippen molar-refractivity contribution < 1.29 is 14.6 Å². The lowest BCUT2D eigenvalue weighted by atomic mass is 10.1. The van der Waals surface area contributed by atoms with Gasteiger partial charge in [0.15, 0.2) is 0 Å². The Labute approximate surface area is 107 Å². The van der Waals surface area contributed by atoms with E-state index in [-0.39, 0.29) is 12.5 Å². The number of nitrogens with two attached hydrogens (primary N) is 1. The average Bonchev–Trinajstić information content (AvgIpc) is 2.36. The van der Waals surface area contributed by atoms with Gasteiger partial charge in [-0.05, 0) is 18.6 Å². The van der Waals surface area contributed by atoms with E-state index < -0.39 is 6.10 Å². The van der Waals surface area contributed by atoms with Crippen LogP contribution in [0.25, 0.3) is 0 Å². The maximum absolute atomic E-state index is 11.8. The number of carbonyl (C=O) groups is 1. The zero-order chi connectivity index (χ0) is 13.5. The van der Waals surface area contributed by atoms with Gasteiger partial charge in [-0.2, -0.15) is 0 Å². The van der Waals surface area contributed by atoms with Gasteiger partial charge in [0.2, 0.25) is 0 Å². The van der Waals surface area contributed by atoms with Crippen LogP contribution in [0, 0.1) is 0 Å². The number of methoxy groups -OCH3 is 1. The summed E-state index contributed by atoms with van der Waals surface area (Å²) in [5.74, 6) is 0.320. The summed E-state index contributed by atoms with van der Waals surface area (Å²) in [5.41, 5.74) is 6.51. The minimum absolute atomic E-state index is 0.234. The molecule has 1 atom stereocenters. The zero-order valence-corrected chi connectivity index (χ0v) is 10.8. The Kier molecular flexibility index (Phi) is 5.45. The number of hydrogen-bond acceptors (Lipinski definition) is 4.